The molecular formula is C11H16BrN3O2. The van der Waals surface area contributed by atoms with Crippen molar-refractivity contribution in [2.24, 2.45) is 0 Å². The number of nitrogens with one attached hydrogen (secondary N) is 1. The maximum absolute atomic E-state index is 11.6. The Morgan fingerprint density at radius 3 is 3.00 bits per heavy atom. The first-order chi connectivity index (χ1) is 8.02. The first kappa shape index (κ1) is 13.9. The lowest BCUT2D eigenvalue weighted by Gasteiger charge is -2.10. The van der Waals surface area contributed by atoms with E-state index in [2.05, 4.69) is 26.2 Å². The molecule has 0 radical (unpaired) electrons. The van der Waals surface area contributed by atoms with Gasteiger partial charge < -0.3 is 15.8 Å². The van der Waals surface area contributed by atoms with E-state index in [9.17, 15) is 4.79 Å². The van der Waals surface area contributed by atoms with Crippen LogP contribution < -0.4 is 11.1 Å². The summed E-state index contributed by atoms with van der Waals surface area (Å²) in [6.45, 7) is 1.92. The van der Waals surface area contributed by atoms with Gasteiger partial charge in [0.05, 0.1) is 22.5 Å². The summed E-state index contributed by atoms with van der Waals surface area (Å²) < 4.78 is 5.74. The van der Waals surface area contributed by atoms with Crippen molar-refractivity contribution in [1.82, 2.24) is 4.98 Å². The molecule has 0 bridgehead atoms. The second-order valence-corrected chi connectivity index (χ2v) is 4.59. The van der Waals surface area contributed by atoms with E-state index in [0.717, 1.165) is 0 Å². The van der Waals surface area contributed by atoms with Gasteiger partial charge in [-0.3, -0.25) is 4.79 Å². The third kappa shape index (κ3) is 4.70. The molecule has 0 saturated carbocycles. The van der Waals surface area contributed by atoms with E-state index in [1.54, 1.807) is 13.2 Å². The lowest BCUT2D eigenvalue weighted by Crippen LogP contribution is -2.16. The first-order valence-electron chi connectivity index (χ1n) is 5.26. The van der Waals surface area contributed by atoms with E-state index in [4.69, 9.17) is 10.5 Å². The fourth-order valence-corrected chi connectivity index (χ4v) is 1.66. The van der Waals surface area contributed by atoms with Crippen LogP contribution in [0.15, 0.2) is 16.7 Å². The molecule has 6 heteroatoms. The van der Waals surface area contributed by atoms with Crippen LogP contribution in [0.1, 0.15) is 19.8 Å². The van der Waals surface area contributed by atoms with E-state index in [0.29, 0.717) is 28.8 Å². The Hall–Kier alpha value is -1.14. The normalized spacial score (nSPS) is 12.2. The first-order valence-corrected chi connectivity index (χ1v) is 6.06. The number of carbonyl (C=O) groups is 1. The average molecular weight is 302 g/mol. The monoisotopic (exact) mass is 301 g/mol. The van der Waals surface area contributed by atoms with Gasteiger partial charge in [-0.25, -0.2) is 4.98 Å². The number of amides is 1. The highest BCUT2D eigenvalue weighted by molar-refractivity contribution is 9.10. The van der Waals surface area contributed by atoms with Crippen LogP contribution in [0.5, 0.6) is 0 Å². The maximum Gasteiger partial charge on any atom is 0.225 e. The third-order valence-corrected chi connectivity index (χ3v) is 2.90. The molecule has 0 aliphatic rings. The Bertz CT molecular complexity index is 398. The number of rotatable bonds is 5. The van der Waals surface area contributed by atoms with E-state index in [1.165, 1.54) is 6.20 Å². The summed E-state index contributed by atoms with van der Waals surface area (Å²) in [5.74, 6) is 0.390. The molecule has 1 heterocycles. The number of carbonyl (C=O) groups excluding carboxylic acids is 1. The summed E-state index contributed by atoms with van der Waals surface area (Å²) >= 11 is 3.29. The van der Waals surface area contributed by atoms with Crippen molar-refractivity contribution in [2.75, 3.05) is 18.2 Å². The molecule has 0 saturated heterocycles. The largest absolute Gasteiger partial charge is 0.397 e. The Kier molecular flexibility index (Phi) is 5.37. The molecule has 1 unspecified atom stereocenters. The number of pyridine rings is 1. The summed E-state index contributed by atoms with van der Waals surface area (Å²) in [6.07, 6.45) is 2.64. The molecule has 94 valence electrons. The van der Waals surface area contributed by atoms with Crippen molar-refractivity contribution in [3.63, 3.8) is 0 Å². The number of hydrogen-bond donors (Lipinski definition) is 2. The van der Waals surface area contributed by atoms with Gasteiger partial charge >= 0.3 is 0 Å². The van der Waals surface area contributed by atoms with Gasteiger partial charge in [-0.15, -0.1) is 0 Å². The molecule has 0 spiro atoms. The van der Waals surface area contributed by atoms with Crippen LogP contribution in [0.25, 0.3) is 0 Å². The number of hydrogen-bond acceptors (Lipinski definition) is 4. The highest BCUT2D eigenvalue weighted by Gasteiger charge is 2.09. The Balaban J connectivity index is 2.50. The summed E-state index contributed by atoms with van der Waals surface area (Å²) in [5, 5.41) is 2.71. The molecule has 5 nitrogen and oxygen atoms in total. The zero-order valence-corrected chi connectivity index (χ0v) is 11.5. The van der Waals surface area contributed by atoms with Crippen LogP contribution in [-0.2, 0) is 9.53 Å². The minimum atomic E-state index is -0.0909. The van der Waals surface area contributed by atoms with Crippen LogP contribution in [0.4, 0.5) is 11.5 Å². The molecule has 3 N–H and O–H groups in total. The summed E-state index contributed by atoms with van der Waals surface area (Å²) in [6, 6.07) is 1.69. The van der Waals surface area contributed by atoms with Crippen molar-refractivity contribution >= 4 is 33.3 Å². The molecule has 0 aliphatic carbocycles. The lowest BCUT2D eigenvalue weighted by atomic mass is 10.2. The molecule has 1 aromatic heterocycles. The van der Waals surface area contributed by atoms with Gasteiger partial charge in [-0.2, -0.15) is 0 Å². The lowest BCUT2D eigenvalue weighted by molar-refractivity contribution is -0.116. The molecule has 0 aromatic carbocycles. The highest BCUT2D eigenvalue weighted by Crippen LogP contribution is 2.21. The second-order valence-electron chi connectivity index (χ2n) is 3.73. The SMILES string of the molecule is COC(C)CCC(=O)Nc1ncc(N)cc1Br. The van der Waals surface area contributed by atoms with E-state index in [-0.39, 0.29) is 12.0 Å². The van der Waals surface area contributed by atoms with Gasteiger partial charge in [0.15, 0.2) is 0 Å². The van der Waals surface area contributed by atoms with Crippen LogP contribution >= 0.6 is 15.9 Å². The van der Waals surface area contributed by atoms with Crippen LogP contribution in [0, 0.1) is 0 Å². The predicted octanol–water partition coefficient (Wildman–Crippen LogP) is 2.18. The standard InChI is InChI=1S/C11H16BrN3O2/c1-7(17-2)3-4-10(16)15-11-9(12)5-8(13)6-14-11/h5-7H,3-4,13H2,1-2H3,(H,14,15,16). The van der Waals surface area contributed by atoms with Crippen LogP contribution in [0.2, 0.25) is 0 Å². The van der Waals surface area contributed by atoms with Crippen LogP contribution in [0.3, 0.4) is 0 Å². The second kappa shape index (κ2) is 6.56. The summed E-state index contributed by atoms with van der Waals surface area (Å²) in [4.78, 5) is 15.6. The molecule has 1 aromatic rings. The molecule has 17 heavy (non-hydrogen) atoms. The van der Waals surface area contributed by atoms with E-state index in [1.807, 2.05) is 6.92 Å². The number of methoxy groups -OCH3 is 1. The van der Waals surface area contributed by atoms with Crippen molar-refractivity contribution in [3.05, 3.63) is 16.7 Å². The molecule has 1 amide bonds. The third-order valence-electron chi connectivity index (χ3n) is 2.30. The number of anilines is 2. The zero-order chi connectivity index (χ0) is 12.8. The minimum Gasteiger partial charge on any atom is -0.397 e. The number of aromatic nitrogens is 1. The summed E-state index contributed by atoms with van der Waals surface area (Å²) in [5.41, 5.74) is 6.10. The van der Waals surface area contributed by atoms with Crippen molar-refractivity contribution in [2.45, 2.75) is 25.9 Å². The number of nitrogen functional groups attached to an aromatic ring is 1. The van der Waals surface area contributed by atoms with Crippen molar-refractivity contribution in [1.29, 1.82) is 0 Å². The van der Waals surface area contributed by atoms with Crippen molar-refractivity contribution in [3.8, 4) is 0 Å². The number of ether oxygens (including phenoxy) is 1. The fourth-order valence-electron chi connectivity index (χ4n) is 1.19. The van der Waals surface area contributed by atoms with Crippen molar-refractivity contribution < 1.29 is 9.53 Å². The minimum absolute atomic E-state index is 0.0727. The molecular weight excluding hydrogens is 286 g/mol. The molecule has 0 fully saturated rings. The predicted molar refractivity (Wildman–Crippen MR) is 70.7 cm³/mol. The van der Waals surface area contributed by atoms with E-state index >= 15 is 0 Å². The Morgan fingerprint density at radius 2 is 2.41 bits per heavy atom. The molecule has 0 aliphatic heterocycles. The van der Waals surface area contributed by atoms with Gasteiger partial charge in [0.1, 0.15) is 5.82 Å². The molecule has 1 atom stereocenters. The molecule has 1 rings (SSSR count). The fraction of sp³-hybridized carbons (Fsp3) is 0.455. The van der Waals surface area contributed by atoms with Crippen LogP contribution in [-0.4, -0.2) is 24.1 Å². The Morgan fingerprint density at radius 1 is 1.71 bits per heavy atom. The quantitative estimate of drug-likeness (QED) is 0.874. The maximum atomic E-state index is 11.6. The van der Waals surface area contributed by atoms with Gasteiger partial charge in [0.2, 0.25) is 5.91 Å². The smallest absolute Gasteiger partial charge is 0.225 e. The topological polar surface area (TPSA) is 77.2 Å². The van der Waals surface area contributed by atoms with Gasteiger partial charge in [-0.05, 0) is 35.3 Å². The highest BCUT2D eigenvalue weighted by atomic mass is 79.9. The van der Waals surface area contributed by atoms with Gasteiger partial charge in [0, 0.05) is 13.5 Å². The Labute approximate surface area is 109 Å². The van der Waals surface area contributed by atoms with Gasteiger partial charge in [0.25, 0.3) is 0 Å². The average Bonchev–Trinajstić information content (AvgIpc) is 2.29. The van der Waals surface area contributed by atoms with E-state index < -0.39 is 0 Å². The van der Waals surface area contributed by atoms with Gasteiger partial charge in [-0.1, -0.05) is 0 Å². The number of nitrogens with two attached hydrogens (primary N) is 1. The number of nitrogens with zero attached hydrogens (tertiary/aromatic N) is 1. The zero-order valence-electron chi connectivity index (χ0n) is 9.87. The summed E-state index contributed by atoms with van der Waals surface area (Å²) in [7, 11) is 1.63. The number of halogens is 1.